The Labute approximate surface area is 206 Å². The van der Waals surface area contributed by atoms with Gasteiger partial charge in [-0.25, -0.2) is 4.39 Å². The van der Waals surface area contributed by atoms with Crippen LogP contribution >= 0.6 is 0 Å². The Bertz CT molecular complexity index is 1340. The first-order chi connectivity index (χ1) is 17.6. The number of carbonyl (C=O) groups excluding carboxylic acids is 1. The maximum absolute atomic E-state index is 14.9. The van der Waals surface area contributed by atoms with Crippen molar-refractivity contribution in [1.82, 2.24) is 0 Å². The second-order valence-electron chi connectivity index (χ2n) is 9.64. The van der Waals surface area contributed by atoms with Gasteiger partial charge in [0.1, 0.15) is 30.4 Å². The average Bonchev–Trinajstić information content (AvgIpc) is 3.67. The van der Waals surface area contributed by atoms with Crippen LogP contribution < -0.4 is 4.74 Å². The SMILES string of the molecule is O=C(Cc1cc(F)cc2c1cc(C1CO1)c1c(OCOCC3CO3)cc(CC3CO3)cc12)OC1CO1. The van der Waals surface area contributed by atoms with Crippen molar-refractivity contribution in [3.8, 4) is 5.75 Å². The highest BCUT2D eigenvalue weighted by molar-refractivity contribution is 6.13. The maximum Gasteiger partial charge on any atom is 0.312 e. The lowest BCUT2D eigenvalue weighted by Gasteiger charge is -2.18. The monoisotopic (exact) mass is 496 g/mol. The highest BCUT2D eigenvalue weighted by atomic mass is 19.1. The summed E-state index contributed by atoms with van der Waals surface area (Å²) < 4.78 is 53.2. The molecule has 0 saturated carbocycles. The van der Waals surface area contributed by atoms with Gasteiger partial charge in [0, 0.05) is 11.8 Å². The van der Waals surface area contributed by atoms with Crippen LogP contribution in [0.2, 0.25) is 0 Å². The molecule has 9 heteroatoms. The van der Waals surface area contributed by atoms with E-state index in [-0.39, 0.29) is 31.5 Å². The molecule has 4 unspecified atom stereocenters. The third kappa shape index (κ3) is 4.89. The predicted molar refractivity (Wildman–Crippen MR) is 124 cm³/mol. The Morgan fingerprint density at radius 1 is 0.917 bits per heavy atom. The van der Waals surface area contributed by atoms with Crippen LogP contribution in [0.3, 0.4) is 0 Å². The third-order valence-corrected chi connectivity index (χ3v) is 6.72. The Kier molecular flexibility index (Phi) is 5.55. The maximum atomic E-state index is 14.9. The number of carbonyl (C=O) groups is 1. The fraction of sp³-hybridized carbons (Fsp3) is 0.444. The van der Waals surface area contributed by atoms with Crippen LogP contribution in [0.5, 0.6) is 5.75 Å². The van der Waals surface area contributed by atoms with E-state index in [0.29, 0.717) is 43.1 Å². The highest BCUT2D eigenvalue weighted by Crippen LogP contribution is 2.44. The highest BCUT2D eigenvalue weighted by Gasteiger charge is 2.32. The molecular weight excluding hydrogens is 471 g/mol. The summed E-state index contributed by atoms with van der Waals surface area (Å²) in [6.45, 7) is 2.98. The van der Waals surface area contributed by atoms with Crippen LogP contribution in [0.1, 0.15) is 22.8 Å². The summed E-state index contributed by atoms with van der Waals surface area (Å²) in [5.74, 6) is -0.214. The fourth-order valence-electron chi connectivity index (χ4n) is 4.69. The van der Waals surface area contributed by atoms with Gasteiger partial charge < -0.3 is 33.2 Å². The van der Waals surface area contributed by atoms with Crippen molar-refractivity contribution in [2.75, 3.05) is 39.8 Å². The van der Waals surface area contributed by atoms with E-state index in [9.17, 15) is 9.18 Å². The lowest BCUT2D eigenvalue weighted by Crippen LogP contribution is -2.11. The number of benzene rings is 3. The topological polar surface area (TPSA) is 94.9 Å². The van der Waals surface area contributed by atoms with Crippen LogP contribution in [0.15, 0.2) is 30.3 Å². The molecule has 4 heterocycles. The molecule has 0 N–H and O–H groups in total. The van der Waals surface area contributed by atoms with E-state index in [1.54, 1.807) is 0 Å². The largest absolute Gasteiger partial charge is 0.467 e. The van der Waals surface area contributed by atoms with Crippen molar-refractivity contribution in [2.24, 2.45) is 0 Å². The molecule has 0 radical (unpaired) electrons. The zero-order valence-corrected chi connectivity index (χ0v) is 19.5. The molecule has 4 fully saturated rings. The Balaban J connectivity index is 1.34. The molecule has 3 aromatic rings. The summed E-state index contributed by atoms with van der Waals surface area (Å²) in [6.07, 6.45) is 0.399. The third-order valence-electron chi connectivity index (χ3n) is 6.72. The van der Waals surface area contributed by atoms with Crippen LogP contribution in [-0.2, 0) is 46.1 Å². The molecule has 0 spiro atoms. The molecule has 4 aliphatic heterocycles. The number of halogens is 1. The summed E-state index contributed by atoms with van der Waals surface area (Å²) in [7, 11) is 0. The zero-order valence-electron chi connectivity index (χ0n) is 19.5. The first-order valence-electron chi connectivity index (χ1n) is 12.2. The second kappa shape index (κ2) is 8.93. The smallest absolute Gasteiger partial charge is 0.312 e. The Morgan fingerprint density at radius 2 is 1.72 bits per heavy atom. The van der Waals surface area contributed by atoms with E-state index in [0.717, 1.165) is 40.3 Å². The average molecular weight is 496 g/mol. The van der Waals surface area contributed by atoms with Crippen molar-refractivity contribution in [1.29, 1.82) is 0 Å². The molecule has 8 nitrogen and oxygen atoms in total. The first kappa shape index (κ1) is 22.4. The minimum absolute atomic E-state index is 0.0549. The van der Waals surface area contributed by atoms with Crippen LogP contribution in [0, 0.1) is 5.82 Å². The van der Waals surface area contributed by atoms with Crippen LogP contribution in [0.25, 0.3) is 21.5 Å². The normalized spacial score (nSPS) is 25.7. The second-order valence-corrected chi connectivity index (χ2v) is 9.64. The molecule has 7 rings (SSSR count). The van der Waals surface area contributed by atoms with Gasteiger partial charge in [0.15, 0.2) is 6.79 Å². The summed E-state index contributed by atoms with van der Waals surface area (Å²) in [5.41, 5.74) is 2.53. The van der Waals surface area contributed by atoms with E-state index in [1.807, 2.05) is 12.1 Å². The summed E-state index contributed by atoms with van der Waals surface area (Å²) >= 11 is 0. The summed E-state index contributed by atoms with van der Waals surface area (Å²) in [6, 6.07) is 8.97. The fourth-order valence-corrected chi connectivity index (χ4v) is 4.69. The van der Waals surface area contributed by atoms with E-state index in [4.69, 9.17) is 33.2 Å². The van der Waals surface area contributed by atoms with E-state index < -0.39 is 18.1 Å². The van der Waals surface area contributed by atoms with Gasteiger partial charge in [-0.2, -0.15) is 0 Å². The van der Waals surface area contributed by atoms with Gasteiger partial charge in [-0.15, -0.1) is 0 Å². The molecule has 0 aromatic heterocycles. The van der Waals surface area contributed by atoms with Gasteiger partial charge in [0.25, 0.3) is 0 Å². The molecule has 4 saturated heterocycles. The molecule has 3 aromatic carbocycles. The number of hydrogen-bond acceptors (Lipinski definition) is 8. The number of rotatable bonds is 11. The molecule has 0 bridgehead atoms. The van der Waals surface area contributed by atoms with Crippen molar-refractivity contribution in [3.63, 3.8) is 0 Å². The minimum atomic E-state index is -0.491. The number of esters is 1. The van der Waals surface area contributed by atoms with Gasteiger partial charge >= 0.3 is 5.97 Å². The quantitative estimate of drug-likeness (QED) is 0.131. The summed E-state index contributed by atoms with van der Waals surface area (Å²) in [4.78, 5) is 12.4. The zero-order chi connectivity index (χ0) is 24.2. The summed E-state index contributed by atoms with van der Waals surface area (Å²) in [5, 5.41) is 3.20. The first-order valence-corrected chi connectivity index (χ1v) is 12.2. The molecule has 4 aliphatic rings. The number of epoxide rings is 4. The molecule has 188 valence electrons. The van der Waals surface area contributed by atoms with E-state index >= 15 is 0 Å². The molecule has 0 aliphatic carbocycles. The lowest BCUT2D eigenvalue weighted by atomic mass is 9.90. The minimum Gasteiger partial charge on any atom is -0.467 e. The molecule has 36 heavy (non-hydrogen) atoms. The van der Waals surface area contributed by atoms with Crippen LogP contribution in [-0.4, -0.2) is 64.3 Å². The van der Waals surface area contributed by atoms with Crippen molar-refractivity contribution < 1.29 is 42.3 Å². The lowest BCUT2D eigenvalue weighted by molar-refractivity contribution is -0.147. The number of hydrogen-bond donors (Lipinski definition) is 0. The Hall–Kier alpha value is -2.82. The van der Waals surface area contributed by atoms with Crippen molar-refractivity contribution in [3.05, 3.63) is 52.8 Å². The van der Waals surface area contributed by atoms with Gasteiger partial charge in [-0.3, -0.25) is 4.79 Å². The predicted octanol–water partition coefficient (Wildman–Crippen LogP) is 3.34. The van der Waals surface area contributed by atoms with Gasteiger partial charge in [0.05, 0.1) is 39.0 Å². The van der Waals surface area contributed by atoms with Gasteiger partial charge in [-0.05, 0) is 57.1 Å². The van der Waals surface area contributed by atoms with E-state index in [1.165, 1.54) is 12.1 Å². The molecular formula is C27H25FO8. The standard InChI is InChI=1S/C27H25FO8/c28-16-4-15(5-25(29)36-26-12-34-26)19-7-22(24-11-33-24)27-21(20(19)6-16)2-14(1-17-9-31-17)3-23(27)35-13-30-8-18-10-32-18/h2-4,6-7,17-18,24,26H,1,5,8-13H2. The van der Waals surface area contributed by atoms with Crippen molar-refractivity contribution >= 4 is 27.5 Å². The molecule has 4 atom stereocenters. The van der Waals surface area contributed by atoms with Crippen LogP contribution in [0.4, 0.5) is 4.39 Å². The van der Waals surface area contributed by atoms with Crippen molar-refractivity contribution in [2.45, 2.75) is 37.4 Å². The molecule has 0 amide bonds. The Morgan fingerprint density at radius 3 is 2.44 bits per heavy atom. The van der Waals surface area contributed by atoms with E-state index in [2.05, 4.69) is 6.07 Å². The van der Waals surface area contributed by atoms with Gasteiger partial charge in [-0.1, -0.05) is 6.07 Å². The number of fused-ring (bicyclic) bond motifs is 3. The number of ether oxygens (including phenoxy) is 7. The van der Waals surface area contributed by atoms with Gasteiger partial charge in [0.2, 0.25) is 6.29 Å².